The fraction of sp³-hybridized carbons (Fsp3) is 0.286. The molecule has 1 aromatic heterocycles. The fourth-order valence-electron chi connectivity index (χ4n) is 1.98. The smallest absolute Gasteiger partial charge is 0.260 e. The summed E-state index contributed by atoms with van der Waals surface area (Å²) in [5.41, 5.74) is 2.88. The van der Waals surface area contributed by atoms with E-state index in [4.69, 9.17) is 0 Å². The van der Waals surface area contributed by atoms with Gasteiger partial charge in [-0.2, -0.15) is 4.57 Å². The highest BCUT2D eigenvalue weighted by Crippen LogP contribution is 2.16. The summed E-state index contributed by atoms with van der Waals surface area (Å²) in [6.45, 7) is 2.04. The van der Waals surface area contributed by atoms with Crippen LogP contribution in [-0.2, 0) is 7.05 Å². The van der Waals surface area contributed by atoms with Crippen molar-refractivity contribution in [1.82, 2.24) is 4.90 Å². The summed E-state index contributed by atoms with van der Waals surface area (Å²) in [4.78, 5) is 13.7. The topological polar surface area (TPSA) is 24.2 Å². The Morgan fingerprint density at radius 1 is 1.18 bits per heavy atom. The molecule has 0 atom stereocenters. The van der Waals surface area contributed by atoms with E-state index in [0.29, 0.717) is 0 Å². The molecule has 0 bridgehead atoms. The molecular weight excluding hydrogens is 212 g/mol. The molecule has 0 unspecified atom stereocenters. The van der Waals surface area contributed by atoms with E-state index in [1.165, 1.54) is 0 Å². The van der Waals surface area contributed by atoms with E-state index in [1.54, 1.807) is 19.0 Å². The number of aromatic nitrogens is 1. The van der Waals surface area contributed by atoms with Crippen LogP contribution in [0.1, 0.15) is 16.1 Å². The Morgan fingerprint density at radius 2 is 1.88 bits per heavy atom. The highest BCUT2D eigenvalue weighted by atomic mass is 16.2. The third-order valence-corrected chi connectivity index (χ3v) is 3.07. The van der Waals surface area contributed by atoms with Crippen LogP contribution in [0, 0.1) is 6.92 Å². The minimum absolute atomic E-state index is 0.0387. The minimum atomic E-state index is 0.0387. The number of nitrogens with zero attached hydrogens (tertiary/aromatic N) is 2. The van der Waals surface area contributed by atoms with Gasteiger partial charge in [-0.1, -0.05) is 6.07 Å². The van der Waals surface area contributed by atoms with Gasteiger partial charge in [-0.25, -0.2) is 0 Å². The first-order valence-corrected chi connectivity index (χ1v) is 5.62. The molecule has 0 saturated heterocycles. The van der Waals surface area contributed by atoms with E-state index in [9.17, 15) is 4.79 Å². The number of para-hydroxylation sites is 1. The van der Waals surface area contributed by atoms with Gasteiger partial charge in [0.05, 0.1) is 0 Å². The number of rotatable bonds is 1. The number of hydrogen-bond acceptors (Lipinski definition) is 1. The van der Waals surface area contributed by atoms with Gasteiger partial charge in [0.25, 0.3) is 5.91 Å². The molecule has 0 aliphatic rings. The quantitative estimate of drug-likeness (QED) is 0.683. The number of benzene rings is 1. The third kappa shape index (κ3) is 1.88. The number of hydrogen-bond donors (Lipinski definition) is 0. The van der Waals surface area contributed by atoms with Gasteiger partial charge in [0, 0.05) is 32.5 Å². The van der Waals surface area contributed by atoms with Crippen LogP contribution in [0.15, 0.2) is 30.3 Å². The summed E-state index contributed by atoms with van der Waals surface area (Å²) >= 11 is 0. The van der Waals surface area contributed by atoms with Crippen molar-refractivity contribution in [2.24, 2.45) is 7.05 Å². The van der Waals surface area contributed by atoms with Gasteiger partial charge < -0.3 is 4.90 Å². The fourth-order valence-corrected chi connectivity index (χ4v) is 1.98. The molecule has 88 valence electrons. The standard InChI is InChI=1S/C14H17N2O/c1-10-8-9-11-6-5-7-12(13(11)16(10)4)14(17)15(2)3/h5-9H,1-4H3/q+1. The lowest BCUT2D eigenvalue weighted by Gasteiger charge is -2.11. The predicted octanol–water partition coefficient (Wildman–Crippen LogP) is 1.67. The van der Waals surface area contributed by atoms with Gasteiger partial charge in [-0.05, 0) is 18.2 Å². The molecule has 3 heteroatoms. The zero-order valence-electron chi connectivity index (χ0n) is 10.7. The van der Waals surface area contributed by atoms with Crippen LogP contribution in [0.4, 0.5) is 0 Å². The zero-order valence-corrected chi connectivity index (χ0v) is 10.7. The van der Waals surface area contributed by atoms with Crippen molar-refractivity contribution in [1.29, 1.82) is 0 Å². The molecule has 0 aliphatic carbocycles. The van der Waals surface area contributed by atoms with E-state index in [-0.39, 0.29) is 5.91 Å². The van der Waals surface area contributed by atoms with Crippen LogP contribution >= 0.6 is 0 Å². The number of aryl methyl sites for hydroxylation is 2. The molecule has 0 N–H and O–H groups in total. The van der Waals surface area contributed by atoms with Crippen molar-refractivity contribution in [3.8, 4) is 0 Å². The third-order valence-electron chi connectivity index (χ3n) is 3.07. The maximum Gasteiger partial charge on any atom is 0.260 e. The number of amides is 1. The average molecular weight is 229 g/mol. The first-order chi connectivity index (χ1) is 8.02. The van der Waals surface area contributed by atoms with Crippen LogP contribution < -0.4 is 4.57 Å². The van der Waals surface area contributed by atoms with Gasteiger partial charge in [0.2, 0.25) is 5.52 Å². The summed E-state index contributed by atoms with van der Waals surface area (Å²) in [6.07, 6.45) is 0. The summed E-state index contributed by atoms with van der Waals surface area (Å²) < 4.78 is 2.06. The Hall–Kier alpha value is -1.90. The van der Waals surface area contributed by atoms with Crippen molar-refractivity contribution in [2.75, 3.05) is 14.1 Å². The summed E-state index contributed by atoms with van der Waals surface area (Å²) in [5, 5.41) is 1.09. The molecule has 0 saturated carbocycles. The van der Waals surface area contributed by atoms with E-state index in [2.05, 4.69) is 16.7 Å². The second kappa shape index (κ2) is 4.17. The number of carbonyl (C=O) groups is 1. The Morgan fingerprint density at radius 3 is 2.53 bits per heavy atom. The van der Waals surface area contributed by atoms with E-state index in [1.807, 2.05) is 32.2 Å². The Bertz CT molecular complexity index is 588. The number of carbonyl (C=O) groups excluding carboxylic acids is 1. The maximum absolute atomic E-state index is 12.1. The first kappa shape index (κ1) is 11.6. The van der Waals surface area contributed by atoms with Gasteiger partial charge in [-0.3, -0.25) is 4.79 Å². The zero-order chi connectivity index (χ0) is 12.6. The molecule has 0 fully saturated rings. The highest BCUT2D eigenvalue weighted by Gasteiger charge is 2.19. The summed E-state index contributed by atoms with van der Waals surface area (Å²) in [6, 6.07) is 9.95. The van der Waals surface area contributed by atoms with Crippen molar-refractivity contribution < 1.29 is 9.36 Å². The normalized spacial score (nSPS) is 10.6. The predicted molar refractivity (Wildman–Crippen MR) is 67.9 cm³/mol. The Kier molecular flexibility index (Phi) is 2.84. The van der Waals surface area contributed by atoms with Gasteiger partial charge in [-0.15, -0.1) is 0 Å². The van der Waals surface area contributed by atoms with Crippen molar-refractivity contribution in [2.45, 2.75) is 6.92 Å². The Labute approximate surface area is 101 Å². The molecule has 0 aliphatic heterocycles. The second-order valence-electron chi connectivity index (χ2n) is 4.48. The molecule has 0 spiro atoms. The minimum Gasteiger partial charge on any atom is -0.345 e. The second-order valence-corrected chi connectivity index (χ2v) is 4.48. The molecule has 1 aromatic carbocycles. The molecule has 3 nitrogen and oxygen atoms in total. The molecule has 0 radical (unpaired) electrons. The lowest BCUT2D eigenvalue weighted by molar-refractivity contribution is -0.651. The Balaban J connectivity index is 2.80. The molecule has 1 amide bonds. The molecular formula is C14H17N2O+. The van der Waals surface area contributed by atoms with Crippen LogP contribution in [-0.4, -0.2) is 24.9 Å². The maximum atomic E-state index is 12.1. The van der Waals surface area contributed by atoms with E-state index >= 15 is 0 Å². The largest absolute Gasteiger partial charge is 0.345 e. The lowest BCUT2D eigenvalue weighted by Crippen LogP contribution is -2.35. The SMILES string of the molecule is Cc1ccc2cccc(C(=O)N(C)C)c2[n+]1C. The molecule has 17 heavy (non-hydrogen) atoms. The summed E-state index contributed by atoms with van der Waals surface area (Å²) in [7, 11) is 5.54. The number of fused-ring (bicyclic) bond motifs is 1. The summed E-state index contributed by atoms with van der Waals surface area (Å²) in [5.74, 6) is 0.0387. The molecule has 2 aromatic rings. The average Bonchev–Trinajstić information content (AvgIpc) is 2.32. The first-order valence-electron chi connectivity index (χ1n) is 5.62. The molecule has 2 rings (SSSR count). The van der Waals surface area contributed by atoms with E-state index < -0.39 is 0 Å². The highest BCUT2D eigenvalue weighted by molar-refractivity contribution is 6.04. The van der Waals surface area contributed by atoms with Crippen LogP contribution in [0.5, 0.6) is 0 Å². The van der Waals surface area contributed by atoms with Crippen molar-refractivity contribution >= 4 is 16.8 Å². The monoisotopic (exact) mass is 229 g/mol. The van der Waals surface area contributed by atoms with Crippen LogP contribution in [0.2, 0.25) is 0 Å². The van der Waals surface area contributed by atoms with E-state index in [0.717, 1.165) is 22.2 Å². The molecule has 1 heterocycles. The van der Waals surface area contributed by atoms with Gasteiger partial charge in [0.15, 0.2) is 5.69 Å². The van der Waals surface area contributed by atoms with Crippen LogP contribution in [0.25, 0.3) is 10.9 Å². The van der Waals surface area contributed by atoms with Crippen LogP contribution in [0.3, 0.4) is 0 Å². The van der Waals surface area contributed by atoms with Crippen molar-refractivity contribution in [3.05, 3.63) is 41.6 Å². The van der Waals surface area contributed by atoms with Crippen molar-refractivity contribution in [3.63, 3.8) is 0 Å². The number of pyridine rings is 1. The lowest BCUT2D eigenvalue weighted by atomic mass is 10.1. The van der Waals surface area contributed by atoms with Gasteiger partial charge in [0.1, 0.15) is 12.6 Å². The van der Waals surface area contributed by atoms with Gasteiger partial charge >= 0.3 is 0 Å².